The number of nitrogens with one attached hydrogen (secondary N) is 1. The number of carbonyl (C=O) groups is 2. The van der Waals surface area contributed by atoms with Crippen LogP contribution in [0.15, 0.2) is 64.2 Å². The number of halogens is 3. The van der Waals surface area contributed by atoms with E-state index in [9.17, 15) is 23.5 Å². The molecule has 2 aromatic carbocycles. The molecule has 0 saturated carbocycles. The van der Waals surface area contributed by atoms with Crippen LogP contribution in [0.1, 0.15) is 16.6 Å². The molecule has 0 radical (unpaired) electrons. The molecule has 218 valence electrons. The van der Waals surface area contributed by atoms with Crippen LogP contribution in [-0.4, -0.2) is 83.6 Å². The average Bonchev–Trinajstić information content (AvgIpc) is 3.60. The summed E-state index contributed by atoms with van der Waals surface area (Å²) >= 11 is 7.80. The van der Waals surface area contributed by atoms with Crippen molar-refractivity contribution in [3.8, 4) is 5.75 Å². The molecule has 2 saturated heterocycles. The standard InChI is InChI=1S/C28H25ClF2N6O4S/c1-41-27(39)23-22(33-25(26-32-4-7-42-26)34-24(23)20-3-2-15(30)10-21(20)29)14-35-5-6-36-18(12-35)13-37(28(36)40)17-8-16(31)9-19(38)11-17/h2-4,7-11,18,24,38H,5-6,12-14H2,1H3,(H,33,34)/t18-,24-/m0/s1. The highest BCUT2D eigenvalue weighted by Crippen LogP contribution is 2.37. The van der Waals surface area contributed by atoms with Crippen LogP contribution < -0.4 is 10.2 Å². The molecular weight excluding hydrogens is 590 g/mol. The second kappa shape index (κ2) is 11.3. The van der Waals surface area contributed by atoms with Crippen molar-refractivity contribution in [2.75, 3.05) is 44.7 Å². The average molecular weight is 615 g/mol. The van der Waals surface area contributed by atoms with Crippen LogP contribution in [-0.2, 0) is 9.53 Å². The molecule has 3 aliphatic heterocycles. The molecule has 2 amide bonds. The maximum absolute atomic E-state index is 14.0. The number of ether oxygens (including phenoxy) is 1. The lowest BCUT2D eigenvalue weighted by Crippen LogP contribution is -2.53. The highest BCUT2D eigenvalue weighted by Gasteiger charge is 2.42. The third-order valence-corrected chi connectivity index (χ3v) is 8.53. The van der Waals surface area contributed by atoms with E-state index >= 15 is 0 Å². The van der Waals surface area contributed by atoms with Gasteiger partial charge in [0.25, 0.3) is 0 Å². The Bertz CT molecular complexity index is 1600. The number of aromatic hydroxyl groups is 1. The first-order chi connectivity index (χ1) is 20.2. The largest absolute Gasteiger partial charge is 0.508 e. The van der Waals surface area contributed by atoms with Crippen LogP contribution in [0.5, 0.6) is 5.75 Å². The van der Waals surface area contributed by atoms with E-state index in [1.807, 2.05) is 0 Å². The number of amidine groups is 1. The molecule has 0 bridgehead atoms. The molecule has 4 heterocycles. The second-order valence-electron chi connectivity index (χ2n) is 10.0. The number of aromatic nitrogens is 1. The van der Waals surface area contributed by atoms with Gasteiger partial charge in [-0.25, -0.2) is 23.4 Å². The van der Waals surface area contributed by atoms with Gasteiger partial charge in [0.05, 0.1) is 24.4 Å². The molecule has 14 heteroatoms. The van der Waals surface area contributed by atoms with Crippen molar-refractivity contribution < 1.29 is 28.2 Å². The van der Waals surface area contributed by atoms with Crippen LogP contribution in [0.2, 0.25) is 5.02 Å². The zero-order valence-corrected chi connectivity index (χ0v) is 23.8. The molecule has 0 spiro atoms. The molecule has 2 N–H and O–H groups in total. The number of carbonyl (C=O) groups excluding carboxylic acids is 2. The molecule has 0 unspecified atom stereocenters. The van der Waals surface area contributed by atoms with Crippen molar-refractivity contribution in [3.63, 3.8) is 0 Å². The van der Waals surface area contributed by atoms with Crippen molar-refractivity contribution in [1.29, 1.82) is 0 Å². The monoisotopic (exact) mass is 614 g/mol. The molecule has 10 nitrogen and oxygen atoms in total. The Morgan fingerprint density at radius 2 is 2.02 bits per heavy atom. The number of benzene rings is 2. The summed E-state index contributed by atoms with van der Waals surface area (Å²) in [5.41, 5.74) is 1.48. The van der Waals surface area contributed by atoms with Crippen molar-refractivity contribution in [1.82, 2.24) is 20.1 Å². The predicted molar refractivity (Wildman–Crippen MR) is 153 cm³/mol. The molecule has 3 aromatic rings. The van der Waals surface area contributed by atoms with Gasteiger partial charge in [0, 0.05) is 72.7 Å². The first-order valence-corrected chi connectivity index (χ1v) is 14.3. The minimum atomic E-state index is -0.883. The summed E-state index contributed by atoms with van der Waals surface area (Å²) < 4.78 is 33.0. The van der Waals surface area contributed by atoms with Crippen LogP contribution in [0.4, 0.5) is 19.3 Å². The fraction of sp³-hybridized carbons (Fsp3) is 0.286. The highest BCUT2D eigenvalue weighted by molar-refractivity contribution is 7.11. The van der Waals surface area contributed by atoms with E-state index in [4.69, 9.17) is 21.3 Å². The maximum Gasteiger partial charge on any atom is 0.338 e. The number of thiazole rings is 1. The van der Waals surface area contributed by atoms with Gasteiger partial charge in [-0.05, 0) is 18.2 Å². The topological polar surface area (TPSA) is 111 Å². The third-order valence-electron chi connectivity index (χ3n) is 7.42. The van der Waals surface area contributed by atoms with Gasteiger partial charge in [-0.2, -0.15) is 0 Å². The summed E-state index contributed by atoms with van der Waals surface area (Å²) in [5, 5.41) is 15.6. The van der Waals surface area contributed by atoms with Crippen molar-refractivity contribution in [3.05, 3.63) is 86.5 Å². The lowest BCUT2D eigenvalue weighted by atomic mass is 9.95. The number of aliphatic imine (C=N–C) groups is 1. The summed E-state index contributed by atoms with van der Waals surface area (Å²) in [6.45, 7) is 1.95. The number of hydrogen-bond acceptors (Lipinski definition) is 9. The number of amides is 2. The van der Waals surface area contributed by atoms with E-state index in [1.54, 1.807) is 16.5 Å². The smallest absolute Gasteiger partial charge is 0.338 e. The van der Waals surface area contributed by atoms with Gasteiger partial charge in [-0.15, -0.1) is 11.3 Å². The van der Waals surface area contributed by atoms with Crippen LogP contribution >= 0.6 is 22.9 Å². The van der Waals surface area contributed by atoms with Crippen molar-refractivity contribution >= 4 is 46.5 Å². The molecule has 42 heavy (non-hydrogen) atoms. The molecule has 1 aromatic heterocycles. The Morgan fingerprint density at radius 3 is 2.74 bits per heavy atom. The number of phenolic OH excluding ortho intramolecular Hbond substituents is 1. The minimum Gasteiger partial charge on any atom is -0.508 e. The molecule has 3 aliphatic rings. The lowest BCUT2D eigenvalue weighted by molar-refractivity contribution is -0.136. The first-order valence-electron chi connectivity index (χ1n) is 13.0. The second-order valence-corrected chi connectivity index (χ2v) is 11.3. The number of methoxy groups -OCH3 is 1. The Kier molecular flexibility index (Phi) is 7.56. The predicted octanol–water partition coefficient (Wildman–Crippen LogP) is 3.92. The van der Waals surface area contributed by atoms with E-state index in [-0.39, 0.29) is 40.7 Å². The van der Waals surface area contributed by atoms with Gasteiger partial charge < -0.3 is 20.1 Å². The summed E-state index contributed by atoms with van der Waals surface area (Å²) in [4.78, 5) is 40.8. The number of urea groups is 1. The summed E-state index contributed by atoms with van der Waals surface area (Å²) in [6.07, 6.45) is 1.64. The van der Waals surface area contributed by atoms with Gasteiger partial charge in [0.2, 0.25) is 0 Å². The van der Waals surface area contributed by atoms with Gasteiger partial charge in [-0.3, -0.25) is 14.8 Å². The highest BCUT2D eigenvalue weighted by atomic mass is 35.5. The molecule has 0 aliphatic carbocycles. The normalized spacial score (nSPS) is 20.9. The van der Waals surface area contributed by atoms with E-state index in [0.29, 0.717) is 48.3 Å². The first kappa shape index (κ1) is 28.1. The Labute approximate surface area is 248 Å². The zero-order valence-electron chi connectivity index (χ0n) is 22.3. The molecule has 2 atom stereocenters. The molecule has 6 rings (SSSR count). The minimum absolute atomic E-state index is 0.117. The van der Waals surface area contributed by atoms with E-state index in [1.165, 1.54) is 53.7 Å². The van der Waals surface area contributed by atoms with Crippen LogP contribution in [0.25, 0.3) is 0 Å². The fourth-order valence-electron chi connectivity index (χ4n) is 5.54. The Balaban J connectivity index is 1.31. The van der Waals surface area contributed by atoms with Gasteiger partial charge in [0.15, 0.2) is 10.8 Å². The lowest BCUT2D eigenvalue weighted by Gasteiger charge is -2.38. The fourth-order valence-corrected chi connectivity index (χ4v) is 6.40. The summed E-state index contributed by atoms with van der Waals surface area (Å²) in [6, 6.07) is 6.13. The number of esters is 1. The Hall–Kier alpha value is -4.07. The van der Waals surface area contributed by atoms with Gasteiger partial charge in [0.1, 0.15) is 23.4 Å². The number of nitrogens with zero attached hydrogens (tertiary/aromatic N) is 5. The van der Waals surface area contributed by atoms with E-state index in [0.717, 1.165) is 6.07 Å². The molecular formula is C28H25ClF2N6O4S. The number of rotatable bonds is 6. The summed E-state index contributed by atoms with van der Waals surface area (Å²) in [7, 11) is 1.28. The van der Waals surface area contributed by atoms with Gasteiger partial charge in [-0.1, -0.05) is 17.7 Å². The van der Waals surface area contributed by atoms with Crippen LogP contribution in [0, 0.1) is 11.6 Å². The SMILES string of the molecule is COC(=O)C1=C(CN2CCN3C(=O)N(c4cc(O)cc(F)c4)C[C@@H]3C2)NC(c2nccs2)=N[C@H]1c1ccc(F)cc1Cl. The summed E-state index contributed by atoms with van der Waals surface area (Å²) in [5.74, 6) is -1.59. The Morgan fingerprint density at radius 1 is 1.19 bits per heavy atom. The third kappa shape index (κ3) is 5.30. The number of phenols is 1. The number of piperazine rings is 1. The molecule has 2 fully saturated rings. The quantitative estimate of drug-likeness (QED) is 0.405. The van der Waals surface area contributed by atoms with Crippen molar-refractivity contribution in [2.45, 2.75) is 12.1 Å². The van der Waals surface area contributed by atoms with E-state index in [2.05, 4.69) is 15.2 Å². The number of fused-ring (bicyclic) bond motifs is 1. The van der Waals surface area contributed by atoms with Crippen LogP contribution in [0.3, 0.4) is 0 Å². The van der Waals surface area contributed by atoms with Crippen molar-refractivity contribution in [2.24, 2.45) is 4.99 Å². The number of anilines is 1. The van der Waals surface area contributed by atoms with E-state index < -0.39 is 23.6 Å². The van der Waals surface area contributed by atoms with Gasteiger partial charge >= 0.3 is 12.0 Å². The number of hydrogen-bond donors (Lipinski definition) is 2. The zero-order chi connectivity index (χ0) is 29.5. The maximum atomic E-state index is 14.0.